The Kier molecular flexibility index (Phi) is 7.12. The minimum absolute atomic E-state index is 0.0531. The van der Waals surface area contributed by atoms with Crippen LogP contribution in [0.25, 0.3) is 0 Å². The minimum atomic E-state index is -0.427. The molecule has 0 aromatic heterocycles. The Bertz CT molecular complexity index is 1070. The Morgan fingerprint density at radius 1 is 1.15 bits per heavy atom. The molecule has 0 spiro atoms. The van der Waals surface area contributed by atoms with Gasteiger partial charge < -0.3 is 25.0 Å². The Morgan fingerprint density at radius 2 is 1.91 bits per heavy atom. The highest BCUT2D eigenvalue weighted by Crippen LogP contribution is 2.32. The fraction of sp³-hybridized carbons (Fsp3) is 0.400. The molecular weight excluding hydrogens is 441 g/mol. The lowest BCUT2D eigenvalue weighted by atomic mass is 9.94. The number of anilines is 1. The third-order valence-corrected chi connectivity index (χ3v) is 6.16. The number of benzene rings is 2. The first-order valence-corrected chi connectivity index (χ1v) is 11.4. The molecular formula is C25H28FN3O5. The molecule has 4 rings (SSSR count). The fourth-order valence-corrected chi connectivity index (χ4v) is 4.39. The number of rotatable bonds is 5. The van der Waals surface area contributed by atoms with Gasteiger partial charge in [0.25, 0.3) is 11.8 Å². The summed E-state index contributed by atoms with van der Waals surface area (Å²) in [5, 5.41) is 5.53. The number of hydrogen-bond acceptors (Lipinski definition) is 5. The molecule has 0 bridgehead atoms. The van der Waals surface area contributed by atoms with Crippen molar-refractivity contribution in [2.75, 3.05) is 25.5 Å². The molecule has 9 heteroatoms. The minimum Gasteiger partial charge on any atom is -0.490 e. The van der Waals surface area contributed by atoms with Crippen LogP contribution in [-0.2, 0) is 9.53 Å². The van der Waals surface area contributed by atoms with Crippen molar-refractivity contribution in [1.82, 2.24) is 10.2 Å². The summed E-state index contributed by atoms with van der Waals surface area (Å²) in [4.78, 5) is 39.4. The smallest absolute Gasteiger partial charge is 0.257 e. The molecule has 34 heavy (non-hydrogen) atoms. The maximum atomic E-state index is 13.3. The first kappa shape index (κ1) is 23.7. The average molecular weight is 470 g/mol. The van der Waals surface area contributed by atoms with Gasteiger partial charge in [0.05, 0.1) is 24.1 Å². The summed E-state index contributed by atoms with van der Waals surface area (Å²) < 4.78 is 25.2. The van der Waals surface area contributed by atoms with E-state index in [1.807, 2.05) is 6.92 Å². The monoisotopic (exact) mass is 469 g/mol. The average Bonchev–Trinajstić information content (AvgIpc) is 2.82. The van der Waals surface area contributed by atoms with Crippen LogP contribution in [0.4, 0.5) is 10.1 Å². The molecule has 2 aliphatic heterocycles. The van der Waals surface area contributed by atoms with Gasteiger partial charge in [-0.1, -0.05) is 0 Å². The molecule has 0 unspecified atom stereocenters. The van der Waals surface area contributed by atoms with E-state index < -0.39 is 11.7 Å². The van der Waals surface area contributed by atoms with Gasteiger partial charge in [-0.3, -0.25) is 14.4 Å². The van der Waals surface area contributed by atoms with Gasteiger partial charge in [-0.25, -0.2) is 4.39 Å². The van der Waals surface area contributed by atoms with E-state index in [-0.39, 0.29) is 43.1 Å². The van der Waals surface area contributed by atoms with Crippen LogP contribution in [0.3, 0.4) is 0 Å². The summed E-state index contributed by atoms with van der Waals surface area (Å²) in [5.74, 6) is -0.740. The molecule has 0 radical (unpaired) electrons. The molecule has 0 saturated carbocycles. The first-order valence-electron chi connectivity index (χ1n) is 11.4. The normalized spacial score (nSPS) is 21.9. The Morgan fingerprint density at radius 3 is 2.65 bits per heavy atom. The van der Waals surface area contributed by atoms with Crippen molar-refractivity contribution in [2.45, 2.75) is 44.4 Å². The van der Waals surface area contributed by atoms with Crippen LogP contribution in [-0.4, -0.2) is 61.1 Å². The number of carbonyl (C=O) groups excluding carboxylic acids is 3. The maximum Gasteiger partial charge on any atom is 0.257 e. The fourth-order valence-electron chi connectivity index (χ4n) is 4.39. The summed E-state index contributed by atoms with van der Waals surface area (Å²) in [6.07, 6.45) is 1.06. The Hall–Kier alpha value is -3.46. The van der Waals surface area contributed by atoms with Gasteiger partial charge in [0.1, 0.15) is 24.3 Å². The van der Waals surface area contributed by atoms with Crippen LogP contribution in [0.2, 0.25) is 0 Å². The molecule has 1 saturated heterocycles. The largest absolute Gasteiger partial charge is 0.490 e. The summed E-state index contributed by atoms with van der Waals surface area (Å²) >= 11 is 0. The molecule has 2 aromatic carbocycles. The van der Waals surface area contributed by atoms with Crippen molar-refractivity contribution < 1.29 is 28.2 Å². The molecule has 180 valence electrons. The number of halogens is 1. The lowest BCUT2D eigenvalue weighted by molar-refractivity contribution is -0.133. The Balaban J connectivity index is 1.49. The SMILES string of the molecule is CCNC(=O)C[C@H]1CC[C@H]2[C@H](COc3ccc(NC(=O)c4ccc(F)cc4)cc3C(=O)N2C)O1. The highest BCUT2D eigenvalue weighted by atomic mass is 19.1. The number of nitrogens with zero attached hydrogens (tertiary/aromatic N) is 1. The van der Waals surface area contributed by atoms with Gasteiger partial charge in [0.15, 0.2) is 0 Å². The second-order valence-corrected chi connectivity index (χ2v) is 8.50. The second-order valence-electron chi connectivity index (χ2n) is 8.50. The number of carbonyl (C=O) groups is 3. The van der Waals surface area contributed by atoms with Crippen LogP contribution in [0.15, 0.2) is 42.5 Å². The van der Waals surface area contributed by atoms with Crippen LogP contribution in [0.5, 0.6) is 5.75 Å². The zero-order valence-electron chi connectivity index (χ0n) is 19.2. The van der Waals surface area contributed by atoms with Crippen molar-refractivity contribution in [1.29, 1.82) is 0 Å². The van der Waals surface area contributed by atoms with Gasteiger partial charge in [0, 0.05) is 24.8 Å². The number of amides is 3. The summed E-state index contributed by atoms with van der Waals surface area (Å²) in [7, 11) is 1.73. The van der Waals surface area contributed by atoms with Gasteiger partial charge in [0.2, 0.25) is 5.91 Å². The number of likely N-dealkylation sites (N-methyl/N-ethyl adjacent to an activating group) is 1. The van der Waals surface area contributed by atoms with Crippen LogP contribution in [0.1, 0.15) is 46.9 Å². The quantitative estimate of drug-likeness (QED) is 0.702. The highest BCUT2D eigenvalue weighted by molar-refractivity contribution is 6.05. The lowest BCUT2D eigenvalue weighted by Crippen LogP contribution is -2.54. The molecule has 2 N–H and O–H groups in total. The van der Waals surface area contributed by atoms with E-state index in [2.05, 4.69) is 10.6 Å². The van der Waals surface area contributed by atoms with Crippen molar-refractivity contribution >= 4 is 23.4 Å². The van der Waals surface area contributed by atoms with Crippen LogP contribution in [0, 0.1) is 5.82 Å². The maximum absolute atomic E-state index is 13.3. The molecule has 3 atom stereocenters. The first-order chi connectivity index (χ1) is 16.4. The number of hydrogen-bond donors (Lipinski definition) is 2. The van der Waals surface area contributed by atoms with Crippen molar-refractivity contribution in [2.24, 2.45) is 0 Å². The zero-order valence-corrected chi connectivity index (χ0v) is 19.2. The molecule has 1 fully saturated rings. The van der Waals surface area contributed by atoms with E-state index in [4.69, 9.17) is 9.47 Å². The number of ether oxygens (including phenoxy) is 2. The van der Waals surface area contributed by atoms with E-state index in [1.165, 1.54) is 24.3 Å². The van der Waals surface area contributed by atoms with E-state index in [0.29, 0.717) is 42.0 Å². The highest BCUT2D eigenvalue weighted by Gasteiger charge is 2.39. The van der Waals surface area contributed by atoms with E-state index in [1.54, 1.807) is 30.1 Å². The molecule has 0 aliphatic carbocycles. The third-order valence-electron chi connectivity index (χ3n) is 6.16. The molecule has 3 amide bonds. The van der Waals surface area contributed by atoms with E-state index >= 15 is 0 Å². The van der Waals surface area contributed by atoms with E-state index in [9.17, 15) is 18.8 Å². The predicted molar refractivity (Wildman–Crippen MR) is 123 cm³/mol. The van der Waals surface area contributed by atoms with Gasteiger partial charge in [-0.15, -0.1) is 0 Å². The zero-order chi connectivity index (χ0) is 24.2. The Labute approximate surface area is 197 Å². The standard InChI is InChI=1S/C25H28FN3O5/c1-3-27-23(30)13-18-9-10-20-22(34-18)14-33-21-11-8-17(12-19(21)25(32)29(20)2)28-24(31)15-4-6-16(26)7-5-15/h4-8,11-12,18,20,22H,3,9-10,13-14H2,1-2H3,(H,27,30)(H,28,31)/t18-,20+,22+/m1/s1. The van der Waals surface area contributed by atoms with Gasteiger partial charge >= 0.3 is 0 Å². The van der Waals surface area contributed by atoms with Crippen molar-refractivity contribution in [3.63, 3.8) is 0 Å². The number of fused-ring (bicyclic) bond motifs is 2. The van der Waals surface area contributed by atoms with Crippen LogP contribution < -0.4 is 15.4 Å². The molecule has 2 heterocycles. The lowest BCUT2D eigenvalue weighted by Gasteiger charge is -2.42. The predicted octanol–water partition coefficient (Wildman–Crippen LogP) is 2.98. The number of nitrogens with one attached hydrogen (secondary N) is 2. The third kappa shape index (κ3) is 5.20. The van der Waals surface area contributed by atoms with Gasteiger partial charge in [-0.05, 0) is 62.2 Å². The summed E-state index contributed by atoms with van der Waals surface area (Å²) in [6, 6.07) is 9.88. The molecule has 2 aromatic rings. The van der Waals surface area contributed by atoms with Crippen molar-refractivity contribution in [3.8, 4) is 5.75 Å². The second kappa shape index (κ2) is 10.2. The molecule has 8 nitrogen and oxygen atoms in total. The topological polar surface area (TPSA) is 97.0 Å². The van der Waals surface area contributed by atoms with Crippen LogP contribution >= 0.6 is 0 Å². The van der Waals surface area contributed by atoms with Crippen molar-refractivity contribution in [3.05, 3.63) is 59.4 Å². The summed E-state index contributed by atoms with van der Waals surface area (Å²) in [6.45, 7) is 2.68. The summed E-state index contributed by atoms with van der Waals surface area (Å²) in [5.41, 5.74) is 1.07. The van der Waals surface area contributed by atoms with E-state index in [0.717, 1.165) is 0 Å². The van der Waals surface area contributed by atoms with Gasteiger partial charge in [-0.2, -0.15) is 0 Å². The molecule has 2 aliphatic rings.